The van der Waals surface area contributed by atoms with Crippen molar-refractivity contribution >= 4 is 5.91 Å². The van der Waals surface area contributed by atoms with E-state index < -0.39 is 0 Å². The first kappa shape index (κ1) is 14.8. The predicted octanol–water partition coefficient (Wildman–Crippen LogP) is 3.61. The zero-order valence-corrected chi connectivity index (χ0v) is 12.7. The lowest BCUT2D eigenvalue weighted by atomic mass is 10.0. The van der Waals surface area contributed by atoms with E-state index in [1.807, 2.05) is 4.90 Å². The maximum Gasteiger partial charge on any atom is 0.227 e. The van der Waals surface area contributed by atoms with E-state index in [1.54, 1.807) is 0 Å². The summed E-state index contributed by atoms with van der Waals surface area (Å²) in [6.07, 6.45) is 3.54. The van der Waals surface area contributed by atoms with Gasteiger partial charge in [0.1, 0.15) is 0 Å². The molecule has 0 bridgehead atoms. The highest BCUT2D eigenvalue weighted by atomic mass is 16.2. The molecule has 0 radical (unpaired) electrons. The molecule has 1 fully saturated rings. The van der Waals surface area contributed by atoms with E-state index in [4.69, 9.17) is 0 Å². The molecule has 1 heterocycles. The second-order valence-corrected chi connectivity index (χ2v) is 6.22. The topological polar surface area (TPSA) is 20.3 Å². The molecular formula is C18H25NO. The lowest BCUT2D eigenvalue weighted by molar-refractivity contribution is -0.130. The Hall–Kier alpha value is -1.57. The Bertz CT molecular complexity index is 463. The normalized spacial score (nSPS) is 15.8. The number of carbonyl (C=O) groups is 1. The molecular weight excluding hydrogens is 246 g/mol. The number of hydrogen-bond acceptors (Lipinski definition) is 1. The van der Waals surface area contributed by atoms with Crippen molar-refractivity contribution in [3.8, 4) is 0 Å². The molecule has 1 aliphatic heterocycles. The van der Waals surface area contributed by atoms with Gasteiger partial charge in [0.25, 0.3) is 0 Å². The lowest BCUT2D eigenvalue weighted by Gasteiger charge is -2.28. The van der Waals surface area contributed by atoms with Crippen molar-refractivity contribution in [1.29, 1.82) is 0 Å². The first-order chi connectivity index (χ1) is 9.54. The highest BCUT2D eigenvalue weighted by Gasteiger charge is 2.18. The Morgan fingerprint density at radius 3 is 2.25 bits per heavy atom. The predicted molar refractivity (Wildman–Crippen MR) is 83.6 cm³/mol. The maximum absolute atomic E-state index is 12.2. The second kappa shape index (κ2) is 6.74. The summed E-state index contributed by atoms with van der Waals surface area (Å²) in [7, 11) is 0. The van der Waals surface area contributed by atoms with Gasteiger partial charge in [0.05, 0.1) is 6.42 Å². The Morgan fingerprint density at radius 1 is 1.15 bits per heavy atom. The first-order valence-electron chi connectivity index (χ1n) is 7.57. The molecule has 1 aromatic rings. The fraction of sp³-hybridized carbons (Fsp3) is 0.500. The fourth-order valence-electron chi connectivity index (χ4n) is 2.62. The summed E-state index contributed by atoms with van der Waals surface area (Å²) in [6.45, 7) is 10.1. The van der Waals surface area contributed by atoms with Crippen LogP contribution in [0.4, 0.5) is 0 Å². The van der Waals surface area contributed by atoms with Crippen LogP contribution < -0.4 is 0 Å². The minimum atomic E-state index is 0.245. The van der Waals surface area contributed by atoms with Gasteiger partial charge in [-0.05, 0) is 36.3 Å². The zero-order chi connectivity index (χ0) is 14.5. The number of likely N-dealkylation sites (tertiary alicyclic amines) is 1. The molecule has 1 aromatic carbocycles. The van der Waals surface area contributed by atoms with Crippen molar-refractivity contribution in [3.63, 3.8) is 0 Å². The van der Waals surface area contributed by atoms with Crippen molar-refractivity contribution in [2.24, 2.45) is 5.92 Å². The van der Waals surface area contributed by atoms with Crippen molar-refractivity contribution in [2.75, 3.05) is 13.1 Å². The number of amides is 1. The van der Waals surface area contributed by atoms with Crippen LogP contribution in [-0.2, 0) is 17.6 Å². The number of rotatable bonds is 4. The number of benzene rings is 1. The van der Waals surface area contributed by atoms with E-state index in [2.05, 4.69) is 44.7 Å². The molecule has 1 aliphatic rings. The van der Waals surface area contributed by atoms with Gasteiger partial charge < -0.3 is 4.90 Å². The molecule has 2 heteroatoms. The van der Waals surface area contributed by atoms with Gasteiger partial charge in [-0.25, -0.2) is 0 Å². The van der Waals surface area contributed by atoms with Crippen LogP contribution in [0.15, 0.2) is 36.4 Å². The molecule has 1 saturated heterocycles. The molecule has 2 rings (SSSR count). The van der Waals surface area contributed by atoms with E-state index in [0.717, 1.165) is 37.9 Å². The molecule has 1 amide bonds. The zero-order valence-electron chi connectivity index (χ0n) is 12.7. The molecule has 0 aromatic heterocycles. The third-order valence-electron chi connectivity index (χ3n) is 3.85. The van der Waals surface area contributed by atoms with Crippen LogP contribution >= 0.6 is 0 Å². The van der Waals surface area contributed by atoms with E-state index in [0.29, 0.717) is 12.3 Å². The summed E-state index contributed by atoms with van der Waals surface area (Å²) in [5, 5.41) is 0. The van der Waals surface area contributed by atoms with Gasteiger partial charge in [-0.3, -0.25) is 4.79 Å². The summed E-state index contributed by atoms with van der Waals surface area (Å²) in [5.74, 6) is 0.915. The van der Waals surface area contributed by atoms with Crippen molar-refractivity contribution in [3.05, 3.63) is 47.5 Å². The van der Waals surface area contributed by atoms with E-state index in [9.17, 15) is 4.79 Å². The van der Waals surface area contributed by atoms with Crippen LogP contribution in [0.25, 0.3) is 0 Å². The van der Waals surface area contributed by atoms with E-state index in [-0.39, 0.29) is 5.91 Å². The molecule has 2 nitrogen and oxygen atoms in total. The molecule has 0 aliphatic carbocycles. The highest BCUT2D eigenvalue weighted by Crippen LogP contribution is 2.16. The maximum atomic E-state index is 12.2. The Kier molecular flexibility index (Phi) is 4.99. The van der Waals surface area contributed by atoms with Gasteiger partial charge >= 0.3 is 0 Å². The van der Waals surface area contributed by atoms with Gasteiger partial charge in [0.2, 0.25) is 5.91 Å². The summed E-state index contributed by atoms with van der Waals surface area (Å²) in [5.41, 5.74) is 3.74. The quantitative estimate of drug-likeness (QED) is 0.766. The minimum absolute atomic E-state index is 0.245. The summed E-state index contributed by atoms with van der Waals surface area (Å²) in [6, 6.07) is 8.50. The summed E-state index contributed by atoms with van der Waals surface area (Å²) in [4.78, 5) is 14.2. The smallest absolute Gasteiger partial charge is 0.227 e. The van der Waals surface area contributed by atoms with Crippen LogP contribution in [0.5, 0.6) is 0 Å². The molecule has 0 unspecified atom stereocenters. The van der Waals surface area contributed by atoms with Gasteiger partial charge in [0, 0.05) is 13.1 Å². The van der Waals surface area contributed by atoms with Gasteiger partial charge in [-0.15, -0.1) is 0 Å². The Morgan fingerprint density at radius 2 is 1.70 bits per heavy atom. The molecule has 108 valence electrons. The lowest BCUT2D eigenvalue weighted by Crippen LogP contribution is -2.37. The van der Waals surface area contributed by atoms with E-state index >= 15 is 0 Å². The van der Waals surface area contributed by atoms with Gasteiger partial charge in [0.15, 0.2) is 0 Å². The summed E-state index contributed by atoms with van der Waals surface area (Å²) >= 11 is 0. The van der Waals surface area contributed by atoms with Crippen molar-refractivity contribution in [1.82, 2.24) is 4.90 Å². The number of carbonyl (C=O) groups excluding carboxylic acids is 1. The monoisotopic (exact) mass is 271 g/mol. The van der Waals surface area contributed by atoms with Crippen LogP contribution in [0.1, 0.15) is 37.8 Å². The molecule has 0 saturated carbocycles. The third-order valence-corrected chi connectivity index (χ3v) is 3.85. The van der Waals surface area contributed by atoms with Gasteiger partial charge in [-0.2, -0.15) is 0 Å². The average Bonchev–Trinajstić information content (AvgIpc) is 2.41. The van der Waals surface area contributed by atoms with Crippen molar-refractivity contribution < 1.29 is 4.79 Å². The molecule has 0 atom stereocenters. The Labute approximate surface area is 122 Å². The molecule has 20 heavy (non-hydrogen) atoms. The van der Waals surface area contributed by atoms with Crippen LogP contribution in [0.3, 0.4) is 0 Å². The van der Waals surface area contributed by atoms with Gasteiger partial charge in [-0.1, -0.05) is 50.3 Å². The van der Waals surface area contributed by atoms with Crippen LogP contribution in [0, 0.1) is 5.92 Å². The SMILES string of the molecule is C=C1CCN(C(=O)Cc2ccc(CC(C)C)cc2)CC1. The van der Waals surface area contributed by atoms with Crippen molar-refractivity contribution in [2.45, 2.75) is 39.5 Å². The Balaban J connectivity index is 1.89. The van der Waals surface area contributed by atoms with E-state index in [1.165, 1.54) is 11.1 Å². The number of hydrogen-bond donors (Lipinski definition) is 0. The first-order valence-corrected chi connectivity index (χ1v) is 7.57. The fourth-order valence-corrected chi connectivity index (χ4v) is 2.62. The average molecular weight is 271 g/mol. The highest BCUT2D eigenvalue weighted by molar-refractivity contribution is 5.79. The largest absolute Gasteiger partial charge is 0.342 e. The standard InChI is InChI=1S/C18H25NO/c1-14(2)12-16-4-6-17(7-5-16)13-18(20)19-10-8-15(3)9-11-19/h4-7,14H,3,8-13H2,1-2H3. The minimum Gasteiger partial charge on any atom is -0.342 e. The summed E-state index contributed by atoms with van der Waals surface area (Å²) < 4.78 is 0. The van der Waals surface area contributed by atoms with Crippen LogP contribution in [-0.4, -0.2) is 23.9 Å². The third kappa shape index (κ3) is 4.22. The molecule has 0 spiro atoms. The molecule has 0 N–H and O–H groups in total. The second-order valence-electron chi connectivity index (χ2n) is 6.22. The number of piperidine rings is 1. The number of nitrogens with zero attached hydrogens (tertiary/aromatic N) is 1. The van der Waals surface area contributed by atoms with Crippen LogP contribution in [0.2, 0.25) is 0 Å².